The van der Waals surface area contributed by atoms with Gasteiger partial charge in [0.15, 0.2) is 13.2 Å². The highest BCUT2D eigenvalue weighted by atomic mass is 16.5. The average Bonchev–Trinajstić information content (AvgIpc) is 2.84. The normalized spacial score (nSPS) is 12.5. The van der Waals surface area contributed by atoms with Crippen LogP contribution in [0.2, 0.25) is 0 Å². The van der Waals surface area contributed by atoms with Crippen LogP contribution >= 0.6 is 0 Å². The molecule has 2 amide bonds. The lowest BCUT2D eigenvalue weighted by Gasteiger charge is -2.29. The van der Waals surface area contributed by atoms with Crippen molar-refractivity contribution in [2.24, 2.45) is 0 Å². The van der Waals surface area contributed by atoms with Gasteiger partial charge in [0.05, 0.1) is 12.2 Å². The van der Waals surface area contributed by atoms with Crippen molar-refractivity contribution in [2.45, 2.75) is 20.3 Å². The highest BCUT2D eigenvalue weighted by molar-refractivity contribution is 5.99. The quantitative estimate of drug-likeness (QED) is 0.513. The number of carbonyl (C=O) groups is 2. The number of benzene rings is 3. The Morgan fingerprint density at radius 2 is 1.82 bits per heavy atom. The van der Waals surface area contributed by atoms with Crippen molar-refractivity contribution in [3.05, 3.63) is 77.9 Å². The summed E-state index contributed by atoms with van der Waals surface area (Å²) < 4.78 is 17.0. The molecule has 0 bridgehead atoms. The number of nitrogens with zero attached hydrogens (tertiary/aromatic N) is 1. The van der Waals surface area contributed by atoms with Gasteiger partial charge in [-0.25, -0.2) is 0 Å². The zero-order chi connectivity index (χ0) is 23.9. The van der Waals surface area contributed by atoms with Gasteiger partial charge in [-0.3, -0.25) is 9.59 Å². The lowest BCUT2D eigenvalue weighted by molar-refractivity contribution is -0.121. The minimum absolute atomic E-state index is 0.0339. The number of nitrogens with one attached hydrogen (secondary N) is 1. The molecule has 0 aliphatic carbocycles. The molecule has 176 valence electrons. The fraction of sp³-hybridized carbons (Fsp3) is 0.259. The molecule has 3 aromatic rings. The van der Waals surface area contributed by atoms with Crippen molar-refractivity contribution in [3.8, 4) is 17.2 Å². The van der Waals surface area contributed by atoms with Crippen LogP contribution in [0.15, 0.2) is 66.7 Å². The molecule has 0 fully saturated rings. The third-order valence-corrected chi connectivity index (χ3v) is 5.44. The fourth-order valence-electron chi connectivity index (χ4n) is 3.69. The molecule has 7 heteroatoms. The summed E-state index contributed by atoms with van der Waals surface area (Å²) in [7, 11) is 0. The predicted octanol–water partition coefficient (Wildman–Crippen LogP) is 4.38. The van der Waals surface area contributed by atoms with Crippen LogP contribution in [0, 0.1) is 6.92 Å². The lowest BCUT2D eigenvalue weighted by Crippen LogP contribution is -2.41. The number of hydrogen-bond donors (Lipinski definition) is 1. The summed E-state index contributed by atoms with van der Waals surface area (Å²) in [4.78, 5) is 26.6. The Bertz CT molecular complexity index is 1180. The van der Waals surface area contributed by atoms with Crippen molar-refractivity contribution in [1.82, 2.24) is 0 Å². The van der Waals surface area contributed by atoms with Crippen LogP contribution in [0.5, 0.6) is 17.2 Å². The zero-order valence-corrected chi connectivity index (χ0v) is 19.4. The number of anilines is 2. The molecule has 1 N–H and O–H groups in total. The van der Waals surface area contributed by atoms with Crippen LogP contribution in [-0.4, -0.2) is 38.2 Å². The second-order valence-corrected chi connectivity index (χ2v) is 8.02. The van der Waals surface area contributed by atoms with E-state index in [0.29, 0.717) is 36.0 Å². The molecule has 0 spiro atoms. The van der Waals surface area contributed by atoms with Crippen molar-refractivity contribution < 1.29 is 23.8 Å². The van der Waals surface area contributed by atoms with E-state index in [1.54, 1.807) is 23.1 Å². The molecular formula is C27H28N2O5. The Hall–Kier alpha value is -4.00. The Kier molecular flexibility index (Phi) is 7.32. The fourth-order valence-corrected chi connectivity index (χ4v) is 3.69. The molecule has 7 nitrogen and oxygen atoms in total. The van der Waals surface area contributed by atoms with Crippen LogP contribution < -0.4 is 24.4 Å². The van der Waals surface area contributed by atoms with Crippen LogP contribution in [0.4, 0.5) is 11.4 Å². The first-order valence-corrected chi connectivity index (χ1v) is 11.3. The number of carbonyl (C=O) groups excluding carboxylic acids is 2. The average molecular weight is 461 g/mol. The highest BCUT2D eigenvalue weighted by Gasteiger charge is 2.26. The van der Waals surface area contributed by atoms with E-state index in [0.717, 1.165) is 23.3 Å². The molecule has 1 aliphatic heterocycles. The molecule has 0 aromatic heterocycles. The van der Waals surface area contributed by atoms with Gasteiger partial charge in [-0.2, -0.15) is 0 Å². The summed E-state index contributed by atoms with van der Waals surface area (Å²) in [5, 5.41) is 2.83. The highest BCUT2D eigenvalue weighted by Crippen LogP contribution is 2.34. The summed E-state index contributed by atoms with van der Waals surface area (Å²) in [5.74, 6) is 1.54. The van der Waals surface area contributed by atoms with Gasteiger partial charge in [0.1, 0.15) is 23.9 Å². The van der Waals surface area contributed by atoms with E-state index in [-0.39, 0.29) is 25.0 Å². The molecule has 1 heterocycles. The van der Waals surface area contributed by atoms with E-state index in [1.807, 2.05) is 55.5 Å². The van der Waals surface area contributed by atoms with Crippen LogP contribution in [-0.2, 0) is 16.0 Å². The molecule has 1 aliphatic rings. The van der Waals surface area contributed by atoms with Crippen molar-refractivity contribution >= 4 is 23.2 Å². The number of rotatable bonds is 9. The molecule has 0 saturated heterocycles. The molecule has 3 aromatic carbocycles. The molecule has 0 atom stereocenters. The summed E-state index contributed by atoms with van der Waals surface area (Å²) >= 11 is 0. The Labute approximate surface area is 199 Å². The summed E-state index contributed by atoms with van der Waals surface area (Å²) in [6.07, 6.45) is 0.895. The topological polar surface area (TPSA) is 77.1 Å². The first kappa shape index (κ1) is 23.2. The number of amides is 2. The van der Waals surface area contributed by atoms with E-state index in [2.05, 4.69) is 12.2 Å². The van der Waals surface area contributed by atoms with Gasteiger partial charge >= 0.3 is 0 Å². The van der Waals surface area contributed by atoms with Gasteiger partial charge in [0, 0.05) is 5.69 Å². The zero-order valence-electron chi connectivity index (χ0n) is 19.4. The van der Waals surface area contributed by atoms with E-state index >= 15 is 0 Å². The van der Waals surface area contributed by atoms with Crippen molar-refractivity contribution in [3.63, 3.8) is 0 Å². The standard InChI is InChI=1S/C27H28N2O5/c1-3-20-7-5-9-23(15-20)33-17-26(30)28-21-10-11-25-24(16-21)29(27(31)18-34-25)12-13-32-22-8-4-6-19(2)14-22/h4-11,14-16H,3,12-13,17-18H2,1-2H3,(H,28,30). The molecular weight excluding hydrogens is 432 g/mol. The summed E-state index contributed by atoms with van der Waals surface area (Å²) in [6.45, 7) is 4.60. The minimum Gasteiger partial charge on any atom is -0.492 e. The van der Waals surface area contributed by atoms with E-state index in [9.17, 15) is 9.59 Å². The van der Waals surface area contributed by atoms with Gasteiger partial charge in [-0.05, 0) is 66.9 Å². The third-order valence-electron chi connectivity index (χ3n) is 5.44. The Morgan fingerprint density at radius 3 is 2.62 bits per heavy atom. The van der Waals surface area contributed by atoms with Gasteiger partial charge < -0.3 is 24.4 Å². The summed E-state index contributed by atoms with van der Waals surface area (Å²) in [5.41, 5.74) is 3.40. The number of hydrogen-bond acceptors (Lipinski definition) is 5. The second kappa shape index (κ2) is 10.7. The SMILES string of the molecule is CCc1cccc(OCC(=O)Nc2ccc3c(c2)N(CCOc2cccc(C)c2)C(=O)CO3)c1. The van der Waals surface area contributed by atoms with Crippen molar-refractivity contribution in [2.75, 3.05) is 36.6 Å². The number of ether oxygens (including phenoxy) is 3. The minimum atomic E-state index is -0.292. The first-order valence-electron chi connectivity index (χ1n) is 11.3. The van der Waals surface area contributed by atoms with Gasteiger partial charge in [-0.1, -0.05) is 31.2 Å². The Morgan fingerprint density at radius 1 is 1.03 bits per heavy atom. The third kappa shape index (κ3) is 5.86. The molecule has 0 saturated carbocycles. The molecule has 4 rings (SSSR count). The predicted molar refractivity (Wildman–Crippen MR) is 131 cm³/mol. The van der Waals surface area contributed by atoms with Gasteiger partial charge in [0.25, 0.3) is 11.8 Å². The monoisotopic (exact) mass is 460 g/mol. The second-order valence-electron chi connectivity index (χ2n) is 8.02. The smallest absolute Gasteiger partial charge is 0.265 e. The van der Waals surface area contributed by atoms with Gasteiger partial charge in [-0.15, -0.1) is 0 Å². The van der Waals surface area contributed by atoms with Gasteiger partial charge in [0.2, 0.25) is 0 Å². The van der Waals surface area contributed by atoms with E-state index in [1.165, 1.54) is 0 Å². The first-order chi connectivity index (χ1) is 16.5. The maximum atomic E-state index is 12.5. The van der Waals surface area contributed by atoms with Crippen molar-refractivity contribution in [1.29, 1.82) is 0 Å². The number of fused-ring (bicyclic) bond motifs is 1. The molecule has 0 radical (unpaired) electrons. The summed E-state index contributed by atoms with van der Waals surface area (Å²) in [6, 6.07) is 20.6. The van der Waals surface area contributed by atoms with E-state index < -0.39 is 0 Å². The number of aryl methyl sites for hydroxylation is 2. The maximum absolute atomic E-state index is 12.5. The lowest BCUT2D eigenvalue weighted by atomic mass is 10.2. The maximum Gasteiger partial charge on any atom is 0.265 e. The van der Waals surface area contributed by atoms with Crippen LogP contribution in [0.3, 0.4) is 0 Å². The van der Waals surface area contributed by atoms with Crippen LogP contribution in [0.25, 0.3) is 0 Å². The van der Waals surface area contributed by atoms with E-state index in [4.69, 9.17) is 14.2 Å². The Balaban J connectivity index is 1.38. The van der Waals surface area contributed by atoms with Crippen LogP contribution in [0.1, 0.15) is 18.1 Å². The molecule has 0 unspecified atom stereocenters. The largest absolute Gasteiger partial charge is 0.492 e. The molecule has 34 heavy (non-hydrogen) atoms.